The van der Waals surface area contributed by atoms with Gasteiger partial charge in [0.15, 0.2) is 0 Å². The van der Waals surface area contributed by atoms with Crippen molar-refractivity contribution in [3.8, 4) is 0 Å². The molecule has 0 bridgehead atoms. The molecule has 33 heavy (non-hydrogen) atoms. The highest BCUT2D eigenvalue weighted by Gasteiger charge is 2.26. The van der Waals surface area contributed by atoms with Crippen LogP contribution in [0.15, 0.2) is 41.3 Å². The number of rotatable bonds is 4. The summed E-state index contributed by atoms with van der Waals surface area (Å²) in [5.74, 6) is -0.394. The van der Waals surface area contributed by atoms with Crippen LogP contribution in [-0.2, 0) is 7.05 Å². The van der Waals surface area contributed by atoms with Gasteiger partial charge >= 0.3 is 0 Å². The fourth-order valence-electron chi connectivity index (χ4n) is 4.65. The number of amides is 1. The zero-order valence-corrected chi connectivity index (χ0v) is 18.6. The number of H-pyrrole nitrogens is 1. The van der Waals surface area contributed by atoms with Gasteiger partial charge in [0.1, 0.15) is 17.2 Å². The lowest BCUT2D eigenvalue weighted by Crippen LogP contribution is -2.36. The number of nitrogens with zero attached hydrogens (tertiary/aromatic N) is 4. The summed E-state index contributed by atoms with van der Waals surface area (Å²) in [4.78, 5) is 37.8. The molecule has 9 heteroatoms. The predicted octanol–water partition coefficient (Wildman–Crippen LogP) is 2.49. The Morgan fingerprint density at radius 3 is 2.79 bits per heavy atom. The van der Waals surface area contributed by atoms with Gasteiger partial charge in [-0.25, -0.2) is 9.97 Å². The first-order valence-corrected chi connectivity index (χ1v) is 11.0. The predicted molar refractivity (Wildman–Crippen MR) is 124 cm³/mol. The summed E-state index contributed by atoms with van der Waals surface area (Å²) < 4.78 is 16.4. The number of halogens is 1. The average molecular weight is 449 g/mol. The number of fused-ring (bicyclic) bond motifs is 1. The van der Waals surface area contributed by atoms with Crippen LogP contribution in [0.4, 0.5) is 4.39 Å². The van der Waals surface area contributed by atoms with Crippen LogP contribution in [0.1, 0.15) is 41.1 Å². The minimum atomic E-state index is -0.620. The standard InChI is InChI=1S/C24H25FN6O2/c1-26-24(33)19-6-5-17(20(25)27-19)14-7-11-31(12-8-14)16-4-3-15(13-16)21-28-22-18(23(32)29-21)9-10-30(22)2/h5-7,9-10,13,16H,3-4,8,11-12H2,1-2H3,(H,26,33)(H,28,29,32). The van der Waals surface area contributed by atoms with Crippen LogP contribution in [0, 0.1) is 5.95 Å². The van der Waals surface area contributed by atoms with E-state index in [2.05, 4.69) is 31.2 Å². The topological polar surface area (TPSA) is 95.9 Å². The van der Waals surface area contributed by atoms with E-state index in [1.54, 1.807) is 18.2 Å². The average Bonchev–Trinajstić information content (AvgIpc) is 3.46. The van der Waals surface area contributed by atoms with Gasteiger partial charge < -0.3 is 14.9 Å². The van der Waals surface area contributed by atoms with Gasteiger partial charge in [-0.1, -0.05) is 12.2 Å². The molecule has 3 aromatic heterocycles. The molecule has 1 aliphatic carbocycles. The maximum Gasteiger partial charge on any atom is 0.269 e. The van der Waals surface area contributed by atoms with Crippen molar-refractivity contribution in [2.24, 2.45) is 7.05 Å². The van der Waals surface area contributed by atoms with Gasteiger partial charge in [0.25, 0.3) is 11.5 Å². The highest BCUT2D eigenvalue weighted by molar-refractivity contribution is 5.92. The number of hydrogen-bond acceptors (Lipinski definition) is 5. The maximum absolute atomic E-state index is 14.5. The summed E-state index contributed by atoms with van der Waals surface area (Å²) in [6.07, 6.45) is 8.55. The second-order valence-corrected chi connectivity index (χ2v) is 8.46. The zero-order chi connectivity index (χ0) is 23.1. The number of hydrogen-bond donors (Lipinski definition) is 2. The van der Waals surface area contributed by atoms with Crippen LogP contribution in [-0.4, -0.2) is 56.5 Å². The van der Waals surface area contributed by atoms with E-state index in [0.29, 0.717) is 35.4 Å². The minimum Gasteiger partial charge on any atom is -0.354 e. The first-order valence-electron chi connectivity index (χ1n) is 11.0. The fraction of sp³-hybridized carbons (Fsp3) is 0.333. The van der Waals surface area contributed by atoms with E-state index in [1.165, 1.54) is 7.05 Å². The summed E-state index contributed by atoms with van der Waals surface area (Å²) >= 11 is 0. The lowest BCUT2D eigenvalue weighted by molar-refractivity contribution is 0.0957. The highest BCUT2D eigenvalue weighted by atomic mass is 19.1. The molecule has 1 aliphatic heterocycles. The Bertz CT molecular complexity index is 1370. The Balaban J connectivity index is 1.32. The molecule has 0 saturated heterocycles. The molecule has 4 heterocycles. The van der Waals surface area contributed by atoms with Crippen molar-refractivity contribution in [3.63, 3.8) is 0 Å². The second kappa shape index (κ2) is 8.40. The smallest absolute Gasteiger partial charge is 0.269 e. The maximum atomic E-state index is 14.5. The van der Waals surface area contributed by atoms with E-state index in [1.807, 2.05) is 23.9 Å². The molecule has 2 aliphatic rings. The molecular formula is C24H25FN6O2. The third-order valence-corrected chi connectivity index (χ3v) is 6.51. The molecule has 0 fully saturated rings. The van der Waals surface area contributed by atoms with Crippen LogP contribution in [0.3, 0.4) is 0 Å². The normalized spacial score (nSPS) is 18.9. The van der Waals surface area contributed by atoms with Crippen molar-refractivity contribution in [2.45, 2.75) is 25.3 Å². The van der Waals surface area contributed by atoms with Gasteiger partial charge in [-0.05, 0) is 48.6 Å². The molecule has 0 spiro atoms. The molecule has 3 aromatic rings. The van der Waals surface area contributed by atoms with Gasteiger partial charge in [-0.3, -0.25) is 14.5 Å². The van der Waals surface area contributed by atoms with E-state index in [-0.39, 0.29) is 17.3 Å². The molecule has 0 aromatic carbocycles. The number of carbonyl (C=O) groups excluding carboxylic acids is 1. The Morgan fingerprint density at radius 2 is 2.06 bits per heavy atom. The summed E-state index contributed by atoms with van der Waals surface area (Å²) in [6, 6.07) is 5.20. The van der Waals surface area contributed by atoms with Crippen molar-refractivity contribution in [2.75, 3.05) is 20.1 Å². The van der Waals surface area contributed by atoms with Gasteiger partial charge in [0, 0.05) is 45.0 Å². The second-order valence-electron chi connectivity index (χ2n) is 8.46. The third-order valence-electron chi connectivity index (χ3n) is 6.51. The van der Waals surface area contributed by atoms with Crippen molar-refractivity contribution in [1.29, 1.82) is 0 Å². The van der Waals surface area contributed by atoms with Gasteiger partial charge in [0.05, 0.1) is 5.39 Å². The molecule has 1 amide bonds. The minimum absolute atomic E-state index is 0.0700. The van der Waals surface area contributed by atoms with E-state index in [9.17, 15) is 14.0 Å². The molecule has 5 rings (SSSR count). The molecule has 0 saturated carbocycles. The highest BCUT2D eigenvalue weighted by Crippen LogP contribution is 2.32. The SMILES string of the molecule is CNC(=O)c1ccc(C2=CCN(C3C=C(c4nc5c(ccn5C)c(=O)[nH]4)CC3)CC2)c(F)n1. The van der Waals surface area contributed by atoms with Crippen molar-refractivity contribution >= 4 is 28.1 Å². The van der Waals surface area contributed by atoms with Gasteiger partial charge in [0.2, 0.25) is 5.95 Å². The number of aromatic amines is 1. The Morgan fingerprint density at radius 1 is 1.21 bits per heavy atom. The van der Waals surface area contributed by atoms with Crippen LogP contribution in [0.25, 0.3) is 22.2 Å². The van der Waals surface area contributed by atoms with Crippen LogP contribution >= 0.6 is 0 Å². The Hall–Kier alpha value is -3.59. The zero-order valence-electron chi connectivity index (χ0n) is 18.6. The summed E-state index contributed by atoms with van der Waals surface area (Å²) in [5.41, 5.74) is 3.03. The van der Waals surface area contributed by atoms with Crippen molar-refractivity contribution < 1.29 is 9.18 Å². The summed E-state index contributed by atoms with van der Waals surface area (Å²) in [5, 5.41) is 3.05. The van der Waals surface area contributed by atoms with Gasteiger partial charge in [-0.2, -0.15) is 4.39 Å². The number of pyridine rings is 1. The number of aryl methyl sites for hydroxylation is 1. The van der Waals surface area contributed by atoms with E-state index in [0.717, 1.165) is 30.5 Å². The fourth-order valence-corrected chi connectivity index (χ4v) is 4.65. The largest absolute Gasteiger partial charge is 0.354 e. The molecule has 8 nitrogen and oxygen atoms in total. The molecule has 1 unspecified atom stereocenters. The first-order chi connectivity index (χ1) is 15.9. The molecule has 1 atom stereocenters. The quantitative estimate of drug-likeness (QED) is 0.598. The molecule has 170 valence electrons. The third kappa shape index (κ3) is 3.89. The molecule has 0 radical (unpaired) electrons. The van der Waals surface area contributed by atoms with E-state index >= 15 is 0 Å². The first kappa shape index (κ1) is 21.3. The lowest BCUT2D eigenvalue weighted by Gasteiger charge is -2.30. The monoisotopic (exact) mass is 448 g/mol. The number of allylic oxidation sites excluding steroid dienone is 1. The van der Waals surface area contributed by atoms with Crippen LogP contribution < -0.4 is 10.9 Å². The number of aromatic nitrogens is 4. The number of carbonyl (C=O) groups is 1. The summed E-state index contributed by atoms with van der Waals surface area (Å²) in [7, 11) is 3.37. The lowest BCUT2D eigenvalue weighted by atomic mass is 9.99. The molecule has 2 N–H and O–H groups in total. The number of nitrogens with one attached hydrogen (secondary N) is 2. The van der Waals surface area contributed by atoms with Crippen molar-refractivity contribution in [1.82, 2.24) is 29.7 Å². The van der Waals surface area contributed by atoms with Crippen LogP contribution in [0.5, 0.6) is 0 Å². The van der Waals surface area contributed by atoms with Crippen molar-refractivity contribution in [3.05, 3.63) is 69.9 Å². The molecular weight excluding hydrogens is 423 g/mol. The van der Waals surface area contributed by atoms with Gasteiger partial charge in [-0.15, -0.1) is 0 Å². The van der Waals surface area contributed by atoms with Crippen LogP contribution in [0.2, 0.25) is 0 Å². The van der Waals surface area contributed by atoms with E-state index < -0.39 is 11.9 Å². The Labute approximate surface area is 189 Å². The summed E-state index contributed by atoms with van der Waals surface area (Å²) in [6.45, 7) is 1.49. The Kier molecular flexibility index (Phi) is 5.41. The van der Waals surface area contributed by atoms with E-state index in [4.69, 9.17) is 0 Å².